The van der Waals surface area contributed by atoms with E-state index in [1.165, 1.54) is 39.1 Å². The molecule has 3 fully saturated rings. The van der Waals surface area contributed by atoms with Gasteiger partial charge in [-0.15, -0.1) is 0 Å². The maximum Gasteiger partial charge on any atom is 0.224 e. The van der Waals surface area contributed by atoms with Crippen LogP contribution < -0.4 is 15.4 Å². The fraction of sp³-hybridized carbons (Fsp3) is 0.630. The van der Waals surface area contributed by atoms with E-state index in [1.54, 1.807) is 12.1 Å². The van der Waals surface area contributed by atoms with Crippen LogP contribution in [0.5, 0.6) is 5.75 Å². The monoisotopic (exact) mass is 469 g/mol. The molecule has 3 aliphatic carbocycles. The number of rotatable bonds is 10. The SMILES string of the molecule is COc1ccc(CNC(=O)[C@H]2[C@H](C(=O)NCCCCN3CCCC3)[C@H]3C=C[C@@H]2C32CC2)cc1F. The largest absolute Gasteiger partial charge is 0.494 e. The molecule has 7 heteroatoms. The summed E-state index contributed by atoms with van der Waals surface area (Å²) < 4.78 is 19.0. The summed E-state index contributed by atoms with van der Waals surface area (Å²) in [7, 11) is 1.43. The molecule has 34 heavy (non-hydrogen) atoms. The minimum atomic E-state index is -0.448. The third-order valence-corrected chi connectivity index (χ3v) is 8.53. The van der Waals surface area contributed by atoms with E-state index >= 15 is 0 Å². The number of nitrogens with one attached hydrogen (secondary N) is 2. The van der Waals surface area contributed by atoms with Gasteiger partial charge in [0.1, 0.15) is 0 Å². The van der Waals surface area contributed by atoms with Gasteiger partial charge < -0.3 is 20.3 Å². The van der Waals surface area contributed by atoms with Crippen LogP contribution in [0.1, 0.15) is 44.1 Å². The van der Waals surface area contributed by atoms with Crippen LogP contribution in [0.4, 0.5) is 4.39 Å². The summed E-state index contributed by atoms with van der Waals surface area (Å²) in [4.78, 5) is 29.1. The molecule has 2 saturated carbocycles. The molecule has 0 aromatic heterocycles. The van der Waals surface area contributed by atoms with E-state index < -0.39 is 5.82 Å². The van der Waals surface area contributed by atoms with Crippen molar-refractivity contribution < 1.29 is 18.7 Å². The molecule has 184 valence electrons. The molecule has 2 amide bonds. The van der Waals surface area contributed by atoms with Crippen molar-refractivity contribution in [3.8, 4) is 5.75 Å². The summed E-state index contributed by atoms with van der Waals surface area (Å²) in [6.45, 7) is 4.40. The van der Waals surface area contributed by atoms with Gasteiger partial charge in [0.2, 0.25) is 11.8 Å². The lowest BCUT2D eigenvalue weighted by Gasteiger charge is -2.26. The predicted molar refractivity (Wildman–Crippen MR) is 127 cm³/mol. The van der Waals surface area contributed by atoms with Gasteiger partial charge in [0.15, 0.2) is 11.6 Å². The van der Waals surface area contributed by atoms with Gasteiger partial charge in [0.25, 0.3) is 0 Å². The number of unbranched alkanes of at least 4 members (excludes halogenated alkanes) is 1. The van der Waals surface area contributed by atoms with E-state index in [4.69, 9.17) is 4.74 Å². The number of ether oxygens (including phenoxy) is 1. The molecule has 6 nitrogen and oxygen atoms in total. The fourth-order valence-electron chi connectivity index (χ4n) is 6.63. The normalized spacial score (nSPS) is 28.4. The van der Waals surface area contributed by atoms with Gasteiger partial charge in [-0.1, -0.05) is 18.2 Å². The van der Waals surface area contributed by atoms with Gasteiger partial charge in [-0.25, -0.2) is 4.39 Å². The van der Waals surface area contributed by atoms with Gasteiger partial charge >= 0.3 is 0 Å². The van der Waals surface area contributed by atoms with Crippen LogP contribution in [-0.2, 0) is 16.1 Å². The number of carbonyl (C=O) groups is 2. The summed E-state index contributed by atoms with van der Waals surface area (Å²) in [5.41, 5.74) is 0.775. The Bertz CT molecular complexity index is 954. The van der Waals surface area contributed by atoms with Crippen molar-refractivity contribution in [3.05, 3.63) is 41.7 Å². The Balaban J connectivity index is 1.18. The number of hydrogen-bond donors (Lipinski definition) is 2. The lowest BCUT2D eigenvalue weighted by molar-refractivity contribution is -0.135. The second kappa shape index (κ2) is 9.68. The van der Waals surface area contributed by atoms with Gasteiger partial charge in [-0.05, 0) is 93.1 Å². The zero-order valence-corrected chi connectivity index (χ0v) is 20.0. The summed E-state index contributed by atoms with van der Waals surface area (Å²) in [6, 6.07) is 4.70. The van der Waals surface area contributed by atoms with E-state index in [0.717, 1.165) is 32.2 Å². The third-order valence-electron chi connectivity index (χ3n) is 8.53. The van der Waals surface area contributed by atoms with E-state index in [2.05, 4.69) is 27.7 Å². The minimum absolute atomic E-state index is 0.0138. The molecule has 1 aromatic carbocycles. The first-order valence-corrected chi connectivity index (χ1v) is 12.8. The van der Waals surface area contributed by atoms with Gasteiger partial charge in [-0.2, -0.15) is 0 Å². The Morgan fingerprint density at radius 3 is 2.35 bits per heavy atom. The number of allylic oxidation sites excluding steroid dienone is 2. The molecule has 4 aliphatic rings. The third kappa shape index (κ3) is 4.35. The highest BCUT2D eigenvalue weighted by molar-refractivity contribution is 5.90. The maximum atomic E-state index is 14.0. The van der Waals surface area contributed by atoms with Crippen LogP contribution in [0.2, 0.25) is 0 Å². The van der Waals surface area contributed by atoms with Crippen molar-refractivity contribution in [3.63, 3.8) is 0 Å². The van der Waals surface area contributed by atoms with Crippen LogP contribution in [-0.4, -0.2) is 50.0 Å². The van der Waals surface area contributed by atoms with E-state index in [9.17, 15) is 14.0 Å². The Morgan fingerprint density at radius 2 is 1.74 bits per heavy atom. The number of benzene rings is 1. The number of likely N-dealkylation sites (tertiary alicyclic amines) is 1. The second-order valence-electron chi connectivity index (χ2n) is 10.5. The average Bonchev–Trinajstić information content (AvgIpc) is 3.19. The zero-order chi connectivity index (χ0) is 23.7. The molecule has 0 radical (unpaired) electrons. The van der Waals surface area contributed by atoms with Crippen LogP contribution in [0, 0.1) is 34.9 Å². The number of hydrogen-bond acceptors (Lipinski definition) is 4. The molecule has 1 aromatic rings. The number of amides is 2. The Labute approximate surface area is 201 Å². The molecule has 1 aliphatic heterocycles. The highest BCUT2D eigenvalue weighted by atomic mass is 19.1. The van der Waals surface area contributed by atoms with Crippen LogP contribution in [0.25, 0.3) is 0 Å². The topological polar surface area (TPSA) is 70.7 Å². The maximum absolute atomic E-state index is 14.0. The number of carbonyl (C=O) groups excluding carboxylic acids is 2. The van der Waals surface area contributed by atoms with Gasteiger partial charge in [0.05, 0.1) is 18.9 Å². The van der Waals surface area contributed by atoms with Crippen molar-refractivity contribution in [2.24, 2.45) is 29.1 Å². The summed E-state index contributed by atoms with van der Waals surface area (Å²) in [6.07, 6.45) is 11.2. The van der Waals surface area contributed by atoms with Crippen LogP contribution in [0.3, 0.4) is 0 Å². The van der Waals surface area contributed by atoms with E-state index in [1.807, 2.05) is 0 Å². The molecular formula is C27H36FN3O3. The second-order valence-corrected chi connectivity index (χ2v) is 10.5. The molecule has 1 saturated heterocycles. The lowest BCUT2D eigenvalue weighted by atomic mass is 9.81. The predicted octanol–water partition coefficient (Wildman–Crippen LogP) is 3.27. The first-order chi connectivity index (χ1) is 16.5. The number of methoxy groups -OCH3 is 1. The number of halogens is 1. The van der Waals surface area contributed by atoms with Crippen molar-refractivity contribution in [2.45, 2.75) is 45.1 Å². The quantitative estimate of drug-likeness (QED) is 0.408. The standard InChI is InChI=1S/C27H36FN3O3/c1-34-22-9-6-18(16-21(22)28)17-30-26(33)24-20-8-7-19(27(20)10-11-27)23(24)25(32)29-12-2-3-13-31-14-4-5-15-31/h6-9,16,19-20,23-24H,2-5,10-15,17H2,1H3,(H,29,32)(H,30,33)/t19-,20+,23-,24-/m1/s1. The minimum Gasteiger partial charge on any atom is -0.494 e. The summed E-state index contributed by atoms with van der Waals surface area (Å²) >= 11 is 0. The Kier molecular flexibility index (Phi) is 6.65. The molecule has 4 atom stereocenters. The van der Waals surface area contributed by atoms with Crippen molar-refractivity contribution >= 4 is 11.8 Å². The molecular weight excluding hydrogens is 433 g/mol. The lowest BCUT2D eigenvalue weighted by Crippen LogP contribution is -2.44. The molecule has 1 spiro atoms. The highest BCUT2D eigenvalue weighted by Gasteiger charge is 2.69. The van der Waals surface area contributed by atoms with Gasteiger partial charge in [0, 0.05) is 13.1 Å². The van der Waals surface area contributed by atoms with E-state index in [-0.39, 0.29) is 53.2 Å². The smallest absolute Gasteiger partial charge is 0.224 e. The van der Waals surface area contributed by atoms with Crippen LogP contribution in [0.15, 0.2) is 30.4 Å². The highest BCUT2D eigenvalue weighted by Crippen LogP contribution is 2.72. The summed E-state index contributed by atoms with van der Waals surface area (Å²) in [5.74, 6) is -0.758. The molecule has 2 bridgehead atoms. The van der Waals surface area contributed by atoms with Crippen molar-refractivity contribution in [1.29, 1.82) is 0 Å². The molecule has 5 rings (SSSR count). The van der Waals surface area contributed by atoms with Crippen molar-refractivity contribution in [2.75, 3.05) is 33.3 Å². The fourth-order valence-corrected chi connectivity index (χ4v) is 6.63. The Hall–Kier alpha value is -2.41. The molecule has 0 unspecified atom stereocenters. The van der Waals surface area contributed by atoms with E-state index in [0.29, 0.717) is 12.1 Å². The Morgan fingerprint density at radius 1 is 1.06 bits per heavy atom. The average molecular weight is 470 g/mol. The molecule has 1 heterocycles. The van der Waals surface area contributed by atoms with Gasteiger partial charge in [-0.3, -0.25) is 9.59 Å². The molecule has 2 N–H and O–H groups in total. The first kappa shape index (κ1) is 23.3. The first-order valence-electron chi connectivity index (χ1n) is 12.8. The van der Waals surface area contributed by atoms with Crippen molar-refractivity contribution in [1.82, 2.24) is 15.5 Å². The number of nitrogens with zero attached hydrogens (tertiary/aromatic N) is 1. The summed E-state index contributed by atoms with van der Waals surface area (Å²) in [5, 5.41) is 6.13. The van der Waals surface area contributed by atoms with Crippen LogP contribution >= 0.6 is 0 Å². The zero-order valence-electron chi connectivity index (χ0n) is 20.0.